The van der Waals surface area contributed by atoms with Crippen LogP contribution >= 0.6 is 11.6 Å². The zero-order chi connectivity index (χ0) is 24.1. The molecule has 0 spiro atoms. The minimum absolute atomic E-state index is 0.00706. The summed E-state index contributed by atoms with van der Waals surface area (Å²) >= 11 is 6.71. The Labute approximate surface area is 209 Å². The fourth-order valence-corrected chi connectivity index (χ4v) is 5.47. The van der Waals surface area contributed by atoms with Gasteiger partial charge in [-0.25, -0.2) is 9.97 Å². The summed E-state index contributed by atoms with van der Waals surface area (Å²) in [6, 6.07) is 8.07. The van der Waals surface area contributed by atoms with Crippen molar-refractivity contribution in [3.63, 3.8) is 0 Å². The number of benzene rings is 1. The summed E-state index contributed by atoms with van der Waals surface area (Å²) in [5, 5.41) is 9.66. The Bertz CT molecular complexity index is 1440. The third-order valence-electron chi connectivity index (χ3n) is 7.15. The molecule has 1 aliphatic heterocycles. The highest BCUT2D eigenvalue weighted by Crippen LogP contribution is 2.48. The van der Waals surface area contributed by atoms with E-state index in [-0.39, 0.29) is 17.7 Å². The maximum Gasteiger partial charge on any atom is 0.229 e. The molecule has 1 N–H and O–H groups in total. The monoisotopic (exact) mass is 486 g/mol. The predicted molar refractivity (Wildman–Crippen MR) is 139 cm³/mol. The Morgan fingerprint density at radius 3 is 2.74 bits per heavy atom. The molecule has 4 heterocycles. The number of hydrogen-bond acceptors (Lipinski definition) is 5. The van der Waals surface area contributed by atoms with Gasteiger partial charge in [-0.05, 0) is 78.4 Å². The Hall–Kier alpha value is -3.45. The van der Waals surface area contributed by atoms with Crippen LogP contribution in [0.3, 0.4) is 0 Å². The normalized spacial score (nSPS) is 19.3. The number of halogens is 1. The fourth-order valence-electron chi connectivity index (χ4n) is 5.20. The number of fused-ring (bicyclic) bond motifs is 1. The highest BCUT2D eigenvalue weighted by atomic mass is 35.5. The summed E-state index contributed by atoms with van der Waals surface area (Å²) in [6.07, 6.45) is 10.6. The lowest BCUT2D eigenvalue weighted by Crippen LogP contribution is -2.20. The first-order valence-corrected chi connectivity index (χ1v) is 12.5. The first-order chi connectivity index (χ1) is 17.0. The van der Waals surface area contributed by atoms with Gasteiger partial charge in [0, 0.05) is 55.6 Å². The predicted octanol–water partition coefficient (Wildman–Crippen LogP) is 5.33. The van der Waals surface area contributed by atoms with Crippen molar-refractivity contribution in [2.45, 2.75) is 32.1 Å². The van der Waals surface area contributed by atoms with Crippen LogP contribution in [0.5, 0.6) is 0 Å². The lowest BCUT2D eigenvalue weighted by Gasteiger charge is -2.22. The Morgan fingerprint density at radius 1 is 1.14 bits per heavy atom. The summed E-state index contributed by atoms with van der Waals surface area (Å²) in [5.74, 6) is 1.72. The van der Waals surface area contributed by atoms with E-state index >= 15 is 0 Å². The molecule has 0 radical (unpaired) electrons. The lowest BCUT2D eigenvalue weighted by molar-refractivity contribution is -0.117. The van der Waals surface area contributed by atoms with Crippen LogP contribution in [0.4, 0.5) is 11.6 Å². The van der Waals surface area contributed by atoms with Crippen LogP contribution in [0.1, 0.15) is 36.3 Å². The van der Waals surface area contributed by atoms with Crippen molar-refractivity contribution in [2.24, 2.45) is 13.0 Å². The number of hydrogen-bond donors (Lipinski definition) is 1. The van der Waals surface area contributed by atoms with Crippen LogP contribution in [-0.4, -0.2) is 38.7 Å². The molecule has 1 amide bonds. The molecule has 0 bridgehead atoms. The van der Waals surface area contributed by atoms with Gasteiger partial charge in [-0.3, -0.25) is 9.48 Å². The first kappa shape index (κ1) is 22.0. The first-order valence-electron chi connectivity index (χ1n) is 12.1. The summed E-state index contributed by atoms with van der Waals surface area (Å²) in [7, 11) is 1.89. The molecular formula is C27H27ClN6O. The second-order valence-electron chi connectivity index (χ2n) is 9.65. The molecular weight excluding hydrogens is 460 g/mol. The summed E-state index contributed by atoms with van der Waals surface area (Å²) in [5.41, 5.74) is 4.40. The van der Waals surface area contributed by atoms with Crippen molar-refractivity contribution in [2.75, 3.05) is 23.3 Å². The van der Waals surface area contributed by atoms with Gasteiger partial charge in [-0.15, -0.1) is 0 Å². The van der Waals surface area contributed by atoms with E-state index in [1.54, 1.807) is 10.9 Å². The molecule has 3 aromatic heterocycles. The molecule has 35 heavy (non-hydrogen) atoms. The molecule has 2 fully saturated rings. The van der Waals surface area contributed by atoms with Crippen molar-refractivity contribution in [3.05, 3.63) is 65.2 Å². The van der Waals surface area contributed by atoms with E-state index in [1.165, 1.54) is 12.8 Å². The highest BCUT2D eigenvalue weighted by Gasteiger charge is 2.44. The van der Waals surface area contributed by atoms with E-state index in [1.807, 2.05) is 43.8 Å². The number of nitrogens with one attached hydrogen (secondary N) is 1. The van der Waals surface area contributed by atoms with Crippen LogP contribution in [0.15, 0.2) is 49.1 Å². The van der Waals surface area contributed by atoms with E-state index in [2.05, 4.69) is 33.3 Å². The topological polar surface area (TPSA) is 75.9 Å². The average Bonchev–Trinajstić information content (AvgIpc) is 3.21. The Balaban J connectivity index is 1.30. The van der Waals surface area contributed by atoms with Crippen molar-refractivity contribution in [1.82, 2.24) is 19.7 Å². The molecule has 178 valence electrons. The molecule has 2 atom stereocenters. The lowest BCUT2D eigenvalue weighted by atomic mass is 9.98. The smallest absolute Gasteiger partial charge is 0.229 e. The average molecular weight is 487 g/mol. The van der Waals surface area contributed by atoms with Crippen LogP contribution < -0.4 is 10.2 Å². The zero-order valence-corrected chi connectivity index (χ0v) is 20.6. The number of aryl methyl sites for hydroxylation is 2. The molecule has 1 saturated carbocycles. The third kappa shape index (κ3) is 4.14. The molecule has 4 aromatic rings. The maximum absolute atomic E-state index is 12.9. The van der Waals surface area contributed by atoms with Crippen LogP contribution in [0.2, 0.25) is 5.02 Å². The van der Waals surface area contributed by atoms with Crippen molar-refractivity contribution < 1.29 is 4.79 Å². The van der Waals surface area contributed by atoms with Crippen molar-refractivity contribution in [3.8, 4) is 11.1 Å². The van der Waals surface area contributed by atoms with Gasteiger partial charge in [0.05, 0.1) is 11.2 Å². The molecule has 7 nitrogen and oxygen atoms in total. The highest BCUT2D eigenvalue weighted by molar-refractivity contribution is 6.36. The van der Waals surface area contributed by atoms with E-state index < -0.39 is 0 Å². The van der Waals surface area contributed by atoms with Crippen LogP contribution in [-0.2, 0) is 11.8 Å². The third-order valence-corrected chi connectivity index (χ3v) is 7.46. The number of pyridine rings is 2. The van der Waals surface area contributed by atoms with E-state index in [9.17, 15) is 4.79 Å². The number of amides is 1. The molecule has 1 saturated heterocycles. The van der Waals surface area contributed by atoms with Crippen molar-refractivity contribution in [1.29, 1.82) is 0 Å². The zero-order valence-electron chi connectivity index (χ0n) is 19.8. The van der Waals surface area contributed by atoms with Gasteiger partial charge >= 0.3 is 0 Å². The van der Waals surface area contributed by atoms with Crippen molar-refractivity contribution >= 4 is 39.9 Å². The molecule has 0 unspecified atom stereocenters. The molecule has 8 heteroatoms. The molecule has 1 aromatic carbocycles. The SMILES string of the molecule is Cc1ccnc(N2CCCC2)c1-c1cc(Cl)c2cnc(NC(=O)[C@@H]3C[C@H]3c3cnn(C)c3)cc2c1. The fraction of sp³-hybridized carbons (Fsp3) is 0.333. The largest absolute Gasteiger partial charge is 0.356 e. The second-order valence-corrected chi connectivity index (χ2v) is 10.1. The molecule has 2 aliphatic rings. The molecule has 6 rings (SSSR count). The standard InChI is InChI=1S/C27H27ClN6O/c1-16-5-6-29-26(34-7-3-4-8-34)25(16)18-9-17-11-24(30-14-22(17)23(28)10-18)32-27(35)21-12-20(21)19-13-31-33(2)15-19/h5-6,9-11,13-15,20-21H,3-4,7-8,12H2,1-2H3,(H,30,32,35)/t20-,21+/m0/s1. The van der Waals surface area contributed by atoms with Gasteiger partial charge in [0.1, 0.15) is 11.6 Å². The number of rotatable bonds is 5. The van der Waals surface area contributed by atoms with Gasteiger partial charge in [-0.1, -0.05) is 11.6 Å². The number of aromatic nitrogens is 4. The Morgan fingerprint density at radius 2 is 1.97 bits per heavy atom. The van der Waals surface area contributed by atoms with Crippen LogP contribution in [0, 0.1) is 12.8 Å². The quantitative estimate of drug-likeness (QED) is 0.412. The van der Waals surface area contributed by atoms with Gasteiger partial charge in [0.2, 0.25) is 5.91 Å². The van der Waals surface area contributed by atoms with E-state index in [4.69, 9.17) is 16.6 Å². The number of anilines is 2. The number of carbonyl (C=O) groups excluding carboxylic acids is 1. The van der Waals surface area contributed by atoms with Crippen LogP contribution in [0.25, 0.3) is 21.9 Å². The van der Waals surface area contributed by atoms with E-state index in [0.717, 1.165) is 58.4 Å². The second kappa shape index (κ2) is 8.64. The van der Waals surface area contributed by atoms with Gasteiger partial charge < -0.3 is 10.2 Å². The van der Waals surface area contributed by atoms with Gasteiger partial charge in [-0.2, -0.15) is 5.10 Å². The molecule has 1 aliphatic carbocycles. The van der Waals surface area contributed by atoms with Gasteiger partial charge in [0.15, 0.2) is 0 Å². The summed E-state index contributed by atoms with van der Waals surface area (Å²) in [6.45, 7) is 4.15. The maximum atomic E-state index is 12.9. The summed E-state index contributed by atoms with van der Waals surface area (Å²) < 4.78 is 1.77. The summed E-state index contributed by atoms with van der Waals surface area (Å²) in [4.78, 5) is 24.4. The van der Waals surface area contributed by atoms with E-state index in [0.29, 0.717) is 10.8 Å². The van der Waals surface area contributed by atoms with Gasteiger partial charge in [0.25, 0.3) is 0 Å². The number of nitrogens with zero attached hydrogens (tertiary/aromatic N) is 5. The number of carbonyl (C=O) groups is 1. The Kier molecular flexibility index (Phi) is 5.44. The minimum atomic E-state index is -0.0484. The minimum Gasteiger partial charge on any atom is -0.356 e.